The van der Waals surface area contributed by atoms with Gasteiger partial charge in [-0.25, -0.2) is 48.7 Å². The van der Waals surface area contributed by atoms with Crippen LogP contribution in [-0.4, -0.2) is 186 Å². The Morgan fingerprint density at radius 1 is 0.312 bits per heavy atom. The molecule has 0 saturated heterocycles. The Balaban J connectivity index is -0.000000177. The van der Waals surface area contributed by atoms with Gasteiger partial charge in [0.05, 0.1) is 19.8 Å². The number of aliphatic hydroxyl groups excluding tert-OH is 3. The van der Waals surface area contributed by atoms with E-state index in [0.717, 1.165) is 0 Å². The SMILES string of the molecule is C.C.C.NS(=O)(=O)C(F)(F)C(F)(F)C(F)(F)C(F)(F)F.NS(=O)(=O)C(F)(F)C(F)(F)C(F)(F)C(F)(F)F.O=S(=O)(N(CCO)CCO)C(F)(F)C(F)(F)C(F)(F)C(F)(F)F.O=S(=O)(NCCO)C(F)(F)C(F)(F)C(F)(F)C(F)(F)F. The van der Waals surface area contributed by atoms with Crippen molar-refractivity contribution in [3.05, 3.63) is 0 Å². The number of halogens is 36. The lowest BCUT2D eigenvalue weighted by Gasteiger charge is -2.35. The molecule has 0 aliphatic carbocycles. The lowest BCUT2D eigenvalue weighted by atomic mass is 10.1. The Hall–Kier alpha value is -3.00. The molecule has 8 N–H and O–H groups in total. The van der Waals surface area contributed by atoms with E-state index >= 15 is 0 Å². The predicted octanol–water partition coefficient (Wildman–Crippen LogP) is 7.66. The zero-order chi connectivity index (χ0) is 64.5. The molecule has 15 nitrogen and oxygen atoms in total. The molecular weight excluding hydrogens is 1340 g/mol. The van der Waals surface area contributed by atoms with E-state index in [1.807, 2.05) is 0 Å². The summed E-state index contributed by atoms with van der Waals surface area (Å²) in [5, 5.41) is 4.73. The number of nitrogens with one attached hydrogen (secondary N) is 1. The van der Waals surface area contributed by atoms with Gasteiger partial charge in [0, 0.05) is 19.6 Å². The first kappa shape index (κ1) is 90.8. The van der Waals surface area contributed by atoms with Crippen molar-refractivity contribution in [3.63, 3.8) is 0 Å². The summed E-state index contributed by atoms with van der Waals surface area (Å²) in [4.78, 5) is 0. The highest BCUT2D eigenvalue weighted by Crippen LogP contribution is 2.58. The highest BCUT2D eigenvalue weighted by molar-refractivity contribution is 7.91. The van der Waals surface area contributed by atoms with Crippen LogP contribution in [0.2, 0.25) is 0 Å². The van der Waals surface area contributed by atoms with E-state index in [2.05, 4.69) is 10.3 Å². The molecule has 0 aromatic rings. The summed E-state index contributed by atoms with van der Waals surface area (Å²) in [5.41, 5.74) is 0. The van der Waals surface area contributed by atoms with Crippen LogP contribution in [0.1, 0.15) is 22.3 Å². The molecule has 80 heavy (non-hydrogen) atoms. The zero-order valence-corrected chi connectivity index (χ0v) is 37.5. The minimum Gasteiger partial charge on any atom is -0.395 e. The summed E-state index contributed by atoms with van der Waals surface area (Å²) in [6.45, 7) is -7.66. The Kier molecular flexibility index (Phi) is 30.1. The number of rotatable bonds is 20. The minimum atomic E-state index is -7.36. The van der Waals surface area contributed by atoms with Crippen LogP contribution >= 0.6 is 0 Å². The third-order valence-electron chi connectivity index (χ3n) is 7.28. The van der Waals surface area contributed by atoms with E-state index in [-0.39, 0.29) is 22.3 Å². The van der Waals surface area contributed by atoms with Crippen molar-refractivity contribution >= 4 is 40.1 Å². The second kappa shape index (κ2) is 26.5. The minimum absolute atomic E-state index is 0. The molecule has 0 bridgehead atoms. The van der Waals surface area contributed by atoms with E-state index < -0.39 is 177 Å². The fourth-order valence-corrected chi connectivity index (χ4v) is 6.54. The molecule has 0 unspecified atom stereocenters. The summed E-state index contributed by atoms with van der Waals surface area (Å²) >= 11 is 0. The summed E-state index contributed by atoms with van der Waals surface area (Å²) in [7, 11) is -26.7. The number of hydrogen-bond acceptors (Lipinski definition) is 11. The number of hydrogen-bond donors (Lipinski definition) is 6. The maximum Gasteiger partial charge on any atom is 0.460 e. The molecule has 0 aliphatic rings. The monoisotopic (exact) mass is 1380 g/mol. The largest absolute Gasteiger partial charge is 0.460 e. The molecule has 0 amide bonds. The number of sulfonamides is 4. The van der Waals surface area contributed by atoms with E-state index in [1.165, 1.54) is 0 Å². The topological polar surface area (TPSA) is 265 Å². The Labute approximate surface area is 421 Å². The van der Waals surface area contributed by atoms with Gasteiger partial charge in [-0.3, -0.25) is 0 Å². The molecule has 0 atom stereocenters. The van der Waals surface area contributed by atoms with Crippen LogP contribution in [0.4, 0.5) is 158 Å². The standard InChI is InChI=1S/C8H10F9NO4S.C6H6F9NO3S.2C4H2F9NO2S.3CH4/c9-5(10,7(13,14)15)6(11,12)8(16,17)23(21,22)18(1-3-19)2-4-20;7-3(8,5(11,12)13)4(9,10)6(14,15)20(18,19)16-1-2-17;2*5-1(6,3(9,10)11)2(7,8)4(12,13)17(14,15)16;;;/h19-20H,1-4H2;16-17H,1-2H2;2*(H2,14,15,16);3*1H4. The van der Waals surface area contributed by atoms with Gasteiger partial charge in [0.2, 0.25) is 0 Å². The van der Waals surface area contributed by atoms with Crippen molar-refractivity contribution in [1.29, 1.82) is 0 Å². The van der Waals surface area contributed by atoms with Crippen LogP contribution in [0.3, 0.4) is 0 Å². The first-order chi connectivity index (χ1) is 32.6. The van der Waals surface area contributed by atoms with E-state index in [4.69, 9.17) is 15.3 Å². The third-order valence-corrected chi connectivity index (χ3v) is 12.7. The second-order valence-corrected chi connectivity index (χ2v) is 19.7. The molecule has 0 saturated carbocycles. The maximum absolute atomic E-state index is 13.4. The lowest BCUT2D eigenvalue weighted by molar-refractivity contribution is -0.382. The van der Waals surface area contributed by atoms with Crippen LogP contribution in [-0.2, 0) is 40.1 Å². The van der Waals surface area contributed by atoms with Gasteiger partial charge in [0.15, 0.2) is 0 Å². The molecule has 0 rings (SSSR count). The van der Waals surface area contributed by atoms with E-state index in [0.29, 0.717) is 4.72 Å². The molecule has 0 aliphatic heterocycles. The van der Waals surface area contributed by atoms with Gasteiger partial charge < -0.3 is 15.3 Å². The van der Waals surface area contributed by atoms with Crippen LogP contribution in [0.15, 0.2) is 0 Å². The average Bonchev–Trinajstić information content (AvgIpc) is 3.17. The first-order valence-corrected chi connectivity index (χ1v) is 22.3. The van der Waals surface area contributed by atoms with Gasteiger partial charge in [-0.2, -0.15) is 162 Å². The fourth-order valence-electron chi connectivity index (χ4n) is 3.14. The Morgan fingerprint density at radius 3 is 0.662 bits per heavy atom. The van der Waals surface area contributed by atoms with Crippen LogP contribution < -0.4 is 15.0 Å². The van der Waals surface area contributed by atoms with Gasteiger partial charge in [0.1, 0.15) is 0 Å². The van der Waals surface area contributed by atoms with Crippen molar-refractivity contribution in [2.24, 2.45) is 10.3 Å². The molecule has 0 aromatic carbocycles. The predicted molar refractivity (Wildman–Crippen MR) is 189 cm³/mol. The van der Waals surface area contributed by atoms with E-state index in [9.17, 15) is 192 Å². The molecule has 0 spiro atoms. The molecule has 494 valence electrons. The quantitative estimate of drug-likeness (QED) is 0.0645. The second-order valence-electron chi connectivity index (χ2n) is 12.7. The van der Waals surface area contributed by atoms with E-state index in [1.54, 1.807) is 0 Å². The number of primary sulfonamides is 2. The smallest absolute Gasteiger partial charge is 0.395 e. The fraction of sp³-hybridized carbons (Fsp3) is 1.00. The summed E-state index contributed by atoms with van der Waals surface area (Å²) in [6.07, 6.45) is -28.4. The normalized spacial score (nSPS) is 15.1. The number of nitrogens with zero attached hydrogens (tertiary/aromatic N) is 1. The average molecular weight is 1380 g/mol. The van der Waals surface area contributed by atoms with Crippen molar-refractivity contribution in [1.82, 2.24) is 9.03 Å². The first-order valence-electron chi connectivity index (χ1n) is 16.2. The van der Waals surface area contributed by atoms with Gasteiger partial charge in [-0.15, -0.1) is 0 Å². The number of nitrogens with two attached hydrogens (primary N) is 2. The van der Waals surface area contributed by atoms with Crippen molar-refractivity contribution in [3.8, 4) is 0 Å². The summed E-state index contributed by atoms with van der Waals surface area (Å²) < 4.78 is 524. The zero-order valence-electron chi connectivity index (χ0n) is 34.2. The molecule has 0 fully saturated rings. The highest BCUT2D eigenvalue weighted by Gasteiger charge is 2.88. The molecule has 0 radical (unpaired) electrons. The molecule has 0 heterocycles. The van der Waals surface area contributed by atoms with Crippen LogP contribution in [0.25, 0.3) is 0 Å². The van der Waals surface area contributed by atoms with Crippen molar-refractivity contribution in [2.75, 3.05) is 39.5 Å². The number of aliphatic hydroxyl groups is 3. The molecule has 0 aromatic heterocycles. The van der Waals surface area contributed by atoms with Crippen molar-refractivity contribution in [2.45, 2.75) is 115 Å². The van der Waals surface area contributed by atoms with Crippen LogP contribution in [0.5, 0.6) is 0 Å². The van der Waals surface area contributed by atoms with Gasteiger partial charge in [0.25, 0.3) is 40.1 Å². The van der Waals surface area contributed by atoms with Gasteiger partial charge >= 0.3 is 93.1 Å². The van der Waals surface area contributed by atoms with Crippen molar-refractivity contribution < 1.29 is 207 Å². The summed E-state index contributed by atoms with van der Waals surface area (Å²) in [5.74, 6) is -58.3. The lowest BCUT2D eigenvalue weighted by Crippen LogP contribution is -2.65. The van der Waals surface area contributed by atoms with Gasteiger partial charge in [-0.05, 0) is 0 Å². The Bertz CT molecular complexity index is 2320. The molecule has 55 heteroatoms. The summed E-state index contributed by atoms with van der Waals surface area (Å²) in [6, 6.07) is 0. The molecular formula is C25H32F36N4O11S4. The highest BCUT2D eigenvalue weighted by atomic mass is 32.2. The van der Waals surface area contributed by atoms with Crippen LogP contribution in [0, 0.1) is 0 Å². The maximum atomic E-state index is 13.4. The third kappa shape index (κ3) is 16.5. The number of alkyl halides is 36. The Morgan fingerprint density at radius 2 is 0.500 bits per heavy atom. The van der Waals surface area contributed by atoms with Gasteiger partial charge in [-0.1, -0.05) is 22.3 Å².